The molecule has 166 valence electrons. The summed E-state index contributed by atoms with van der Waals surface area (Å²) in [6.07, 6.45) is 0.897. The van der Waals surface area contributed by atoms with E-state index in [-0.39, 0.29) is 12.7 Å². The Morgan fingerprint density at radius 3 is 2.59 bits per heavy atom. The molecule has 32 heavy (non-hydrogen) atoms. The highest BCUT2D eigenvalue weighted by molar-refractivity contribution is 5.94. The highest BCUT2D eigenvalue weighted by Crippen LogP contribution is 2.36. The Hall–Kier alpha value is -3.68. The summed E-state index contributed by atoms with van der Waals surface area (Å²) in [5.41, 5.74) is 3.74. The van der Waals surface area contributed by atoms with Crippen LogP contribution < -0.4 is 19.3 Å². The average molecular weight is 434 g/mol. The summed E-state index contributed by atoms with van der Waals surface area (Å²) in [5.74, 6) is 2.49. The van der Waals surface area contributed by atoms with E-state index < -0.39 is 0 Å². The van der Waals surface area contributed by atoms with Gasteiger partial charge in [0.15, 0.2) is 17.3 Å². The maximum atomic E-state index is 13.0. The monoisotopic (exact) mass is 433 g/mol. The van der Waals surface area contributed by atoms with Gasteiger partial charge in [0.2, 0.25) is 6.79 Å². The van der Waals surface area contributed by atoms with Crippen molar-refractivity contribution in [1.82, 2.24) is 15.1 Å². The number of hydrogen-bond acceptors (Lipinski definition) is 6. The van der Waals surface area contributed by atoms with E-state index in [0.717, 1.165) is 65.9 Å². The van der Waals surface area contributed by atoms with E-state index in [0.29, 0.717) is 6.54 Å². The molecule has 8 heteroatoms. The minimum atomic E-state index is 0.0835. The first-order valence-electron chi connectivity index (χ1n) is 10.9. The smallest absolute Gasteiger partial charge is 0.253 e. The fourth-order valence-corrected chi connectivity index (χ4v) is 4.12. The molecule has 0 atom stereocenters. The van der Waals surface area contributed by atoms with E-state index in [2.05, 4.69) is 21.2 Å². The Morgan fingerprint density at radius 2 is 1.78 bits per heavy atom. The van der Waals surface area contributed by atoms with E-state index in [1.54, 1.807) is 0 Å². The number of H-pyrrole nitrogens is 1. The third-order valence-corrected chi connectivity index (χ3v) is 5.99. The van der Waals surface area contributed by atoms with Crippen molar-refractivity contribution in [3.05, 3.63) is 54.1 Å². The Kier molecular flexibility index (Phi) is 5.34. The number of hydrogen-bond donors (Lipinski definition) is 1. The standard InChI is InChI=1S/C24H27N5O3/c1-27(2)19-7-4-17(5-8-19)24(30)29-11-3-10-28(12-13-29)23-15-20(25-26-23)18-6-9-21-22(14-18)32-16-31-21/h4-9,14-15H,3,10-13,16H2,1-2H3,(H,25,26). The Labute approximate surface area is 187 Å². The van der Waals surface area contributed by atoms with Crippen LogP contribution in [0.1, 0.15) is 16.8 Å². The second kappa shape index (κ2) is 8.45. The van der Waals surface area contributed by atoms with Crippen molar-refractivity contribution >= 4 is 17.4 Å². The van der Waals surface area contributed by atoms with Gasteiger partial charge in [-0.25, -0.2) is 0 Å². The molecule has 1 fully saturated rings. The van der Waals surface area contributed by atoms with Gasteiger partial charge in [0, 0.05) is 63.2 Å². The lowest BCUT2D eigenvalue weighted by Crippen LogP contribution is -2.35. The molecular weight excluding hydrogens is 406 g/mol. The van der Waals surface area contributed by atoms with Crippen molar-refractivity contribution in [2.75, 3.05) is 56.9 Å². The zero-order valence-corrected chi connectivity index (χ0v) is 18.4. The summed E-state index contributed by atoms with van der Waals surface area (Å²) in [5, 5.41) is 7.66. The van der Waals surface area contributed by atoms with Crippen LogP contribution in [-0.4, -0.2) is 68.1 Å². The molecule has 0 bridgehead atoms. The first-order valence-corrected chi connectivity index (χ1v) is 10.9. The second-order valence-corrected chi connectivity index (χ2v) is 8.28. The van der Waals surface area contributed by atoms with Crippen LogP contribution >= 0.6 is 0 Å². The zero-order chi connectivity index (χ0) is 22.1. The van der Waals surface area contributed by atoms with Crippen molar-refractivity contribution in [1.29, 1.82) is 0 Å². The summed E-state index contributed by atoms with van der Waals surface area (Å²) >= 11 is 0. The number of anilines is 2. The van der Waals surface area contributed by atoms with Gasteiger partial charge in [0.05, 0.1) is 5.69 Å². The van der Waals surface area contributed by atoms with Crippen LogP contribution in [0.15, 0.2) is 48.5 Å². The zero-order valence-electron chi connectivity index (χ0n) is 18.4. The number of rotatable bonds is 4. The quantitative estimate of drug-likeness (QED) is 0.681. The van der Waals surface area contributed by atoms with Crippen LogP contribution in [0.2, 0.25) is 0 Å². The molecule has 0 spiro atoms. The molecule has 5 rings (SSSR count). The summed E-state index contributed by atoms with van der Waals surface area (Å²) in [6.45, 7) is 3.27. The third kappa shape index (κ3) is 3.95. The van der Waals surface area contributed by atoms with Crippen molar-refractivity contribution < 1.29 is 14.3 Å². The van der Waals surface area contributed by atoms with E-state index in [4.69, 9.17) is 9.47 Å². The summed E-state index contributed by atoms with van der Waals surface area (Å²) in [6, 6.07) is 15.7. The van der Waals surface area contributed by atoms with Gasteiger partial charge in [-0.2, -0.15) is 5.10 Å². The van der Waals surface area contributed by atoms with Gasteiger partial charge in [-0.1, -0.05) is 0 Å². The Balaban J connectivity index is 1.25. The molecule has 1 aromatic heterocycles. The number of fused-ring (bicyclic) bond motifs is 1. The number of nitrogens with zero attached hydrogens (tertiary/aromatic N) is 4. The summed E-state index contributed by atoms with van der Waals surface area (Å²) in [7, 11) is 3.99. The number of aromatic nitrogens is 2. The molecular formula is C24H27N5O3. The number of nitrogens with one attached hydrogen (secondary N) is 1. The van der Waals surface area contributed by atoms with Crippen LogP contribution in [0.5, 0.6) is 11.5 Å². The lowest BCUT2D eigenvalue weighted by molar-refractivity contribution is 0.0767. The lowest BCUT2D eigenvalue weighted by atomic mass is 10.1. The largest absolute Gasteiger partial charge is 0.454 e. The summed E-state index contributed by atoms with van der Waals surface area (Å²) in [4.78, 5) is 19.2. The first-order chi connectivity index (χ1) is 15.6. The molecule has 3 heterocycles. The molecule has 8 nitrogen and oxygen atoms in total. The van der Waals surface area contributed by atoms with Crippen LogP contribution in [0.3, 0.4) is 0 Å². The van der Waals surface area contributed by atoms with Gasteiger partial charge in [0.25, 0.3) is 5.91 Å². The van der Waals surface area contributed by atoms with Gasteiger partial charge in [-0.15, -0.1) is 0 Å². The highest BCUT2D eigenvalue weighted by Gasteiger charge is 2.22. The van der Waals surface area contributed by atoms with Gasteiger partial charge >= 0.3 is 0 Å². The van der Waals surface area contributed by atoms with Gasteiger partial charge in [-0.3, -0.25) is 9.89 Å². The number of carbonyl (C=O) groups excluding carboxylic acids is 1. The Morgan fingerprint density at radius 1 is 0.969 bits per heavy atom. The normalized spacial score (nSPS) is 15.6. The van der Waals surface area contributed by atoms with E-state index in [1.807, 2.05) is 66.4 Å². The molecule has 2 aliphatic heterocycles. The first kappa shape index (κ1) is 20.2. The molecule has 3 aromatic rings. The molecule has 1 amide bonds. The topological polar surface area (TPSA) is 73.9 Å². The predicted octanol–water partition coefficient (Wildman–Crippen LogP) is 3.22. The fraction of sp³-hybridized carbons (Fsp3) is 0.333. The predicted molar refractivity (Wildman–Crippen MR) is 124 cm³/mol. The fourth-order valence-electron chi connectivity index (χ4n) is 4.12. The molecule has 0 saturated carbocycles. The number of benzene rings is 2. The van der Waals surface area contributed by atoms with Crippen molar-refractivity contribution in [2.45, 2.75) is 6.42 Å². The van der Waals surface area contributed by atoms with Crippen LogP contribution in [0, 0.1) is 0 Å². The number of ether oxygens (including phenoxy) is 2. The van der Waals surface area contributed by atoms with Gasteiger partial charge < -0.3 is 24.2 Å². The molecule has 1 saturated heterocycles. The van der Waals surface area contributed by atoms with Crippen LogP contribution in [0.4, 0.5) is 11.5 Å². The van der Waals surface area contributed by atoms with Gasteiger partial charge in [0.1, 0.15) is 0 Å². The maximum Gasteiger partial charge on any atom is 0.253 e. The van der Waals surface area contributed by atoms with Crippen LogP contribution in [-0.2, 0) is 0 Å². The van der Waals surface area contributed by atoms with Crippen molar-refractivity contribution in [3.8, 4) is 22.8 Å². The molecule has 1 N–H and O–H groups in total. The minimum Gasteiger partial charge on any atom is -0.454 e. The summed E-state index contributed by atoms with van der Waals surface area (Å²) < 4.78 is 10.9. The molecule has 0 unspecified atom stereocenters. The molecule has 0 aliphatic carbocycles. The van der Waals surface area contributed by atoms with Gasteiger partial charge in [-0.05, 0) is 48.9 Å². The molecule has 2 aromatic carbocycles. The minimum absolute atomic E-state index is 0.0835. The third-order valence-electron chi connectivity index (χ3n) is 5.99. The SMILES string of the molecule is CN(C)c1ccc(C(=O)N2CCCN(c3cc(-c4ccc5c(c4)OCO5)[nH]n3)CC2)cc1. The van der Waals surface area contributed by atoms with E-state index in [1.165, 1.54) is 0 Å². The highest BCUT2D eigenvalue weighted by atomic mass is 16.7. The van der Waals surface area contributed by atoms with Crippen LogP contribution in [0.25, 0.3) is 11.3 Å². The maximum absolute atomic E-state index is 13.0. The number of aromatic amines is 1. The van der Waals surface area contributed by atoms with Crippen molar-refractivity contribution in [3.63, 3.8) is 0 Å². The van der Waals surface area contributed by atoms with E-state index in [9.17, 15) is 4.79 Å². The molecule has 2 aliphatic rings. The van der Waals surface area contributed by atoms with E-state index >= 15 is 0 Å². The number of amides is 1. The Bertz CT molecular complexity index is 1110. The average Bonchev–Trinajstić information content (AvgIpc) is 3.42. The molecule has 0 radical (unpaired) electrons. The number of carbonyl (C=O) groups is 1. The lowest BCUT2D eigenvalue weighted by Gasteiger charge is -2.22. The van der Waals surface area contributed by atoms with Crippen molar-refractivity contribution in [2.24, 2.45) is 0 Å². The second-order valence-electron chi connectivity index (χ2n) is 8.28.